The van der Waals surface area contributed by atoms with Crippen molar-refractivity contribution >= 4 is 16.9 Å². The first kappa shape index (κ1) is 22.9. The minimum atomic E-state index is -0.399. The number of fused-ring (bicyclic) bond motifs is 1. The molecule has 0 bridgehead atoms. The van der Waals surface area contributed by atoms with Crippen LogP contribution in [0.1, 0.15) is 49.0 Å². The molecule has 33 heavy (non-hydrogen) atoms. The van der Waals surface area contributed by atoms with E-state index >= 15 is 0 Å². The number of hydrogen-bond acceptors (Lipinski definition) is 7. The predicted molar refractivity (Wildman–Crippen MR) is 125 cm³/mol. The topological polar surface area (TPSA) is 89.2 Å². The predicted octanol–water partition coefficient (Wildman–Crippen LogP) is 5.09. The molecule has 1 aliphatic heterocycles. The van der Waals surface area contributed by atoms with Crippen LogP contribution in [0.5, 0.6) is 17.2 Å². The molecule has 4 rings (SSSR count). The average Bonchev–Trinajstić information content (AvgIpc) is 2.81. The zero-order valence-electron chi connectivity index (χ0n) is 19.0. The Morgan fingerprint density at radius 2 is 2.00 bits per heavy atom. The van der Waals surface area contributed by atoms with Crippen molar-refractivity contribution in [3.63, 3.8) is 0 Å². The van der Waals surface area contributed by atoms with Crippen molar-refractivity contribution in [2.24, 2.45) is 5.92 Å². The lowest BCUT2D eigenvalue weighted by Crippen LogP contribution is -2.33. The number of phenols is 1. The van der Waals surface area contributed by atoms with Crippen LogP contribution in [-0.4, -0.2) is 35.7 Å². The van der Waals surface area contributed by atoms with Gasteiger partial charge in [0.05, 0.1) is 23.1 Å². The second-order valence-corrected chi connectivity index (χ2v) is 8.61. The highest BCUT2D eigenvalue weighted by atomic mass is 16.5. The molecule has 174 valence electrons. The quantitative estimate of drug-likeness (QED) is 0.501. The van der Waals surface area contributed by atoms with E-state index in [9.17, 15) is 14.7 Å². The van der Waals surface area contributed by atoms with E-state index in [2.05, 4.69) is 11.8 Å². The number of carbonyl (C=O) groups is 1. The molecular weight excluding hydrogens is 422 g/mol. The number of esters is 1. The van der Waals surface area contributed by atoms with Crippen molar-refractivity contribution < 1.29 is 23.8 Å². The SMILES string of the molecule is CCCOC(=O)c1ccc(Oc2coc3c(CN4CCC[C@H](C)C4)c(O)ccc3c2=O)cc1. The summed E-state index contributed by atoms with van der Waals surface area (Å²) in [5, 5.41) is 10.8. The maximum absolute atomic E-state index is 13.1. The highest BCUT2D eigenvalue weighted by Gasteiger charge is 2.21. The number of benzene rings is 2. The van der Waals surface area contributed by atoms with E-state index in [1.807, 2.05) is 6.92 Å². The summed E-state index contributed by atoms with van der Waals surface area (Å²) in [6.07, 6.45) is 4.34. The largest absolute Gasteiger partial charge is 0.507 e. The lowest BCUT2D eigenvalue weighted by atomic mass is 9.99. The van der Waals surface area contributed by atoms with E-state index < -0.39 is 5.97 Å². The number of rotatable bonds is 7. The summed E-state index contributed by atoms with van der Waals surface area (Å²) < 4.78 is 16.6. The van der Waals surface area contributed by atoms with Crippen LogP contribution in [0.3, 0.4) is 0 Å². The van der Waals surface area contributed by atoms with Gasteiger partial charge in [0.15, 0.2) is 0 Å². The standard InChI is InChI=1S/C26H29NO6/c1-3-13-31-26(30)18-6-8-19(9-7-18)33-23-16-32-25-20(24(23)29)10-11-22(28)21(25)15-27-12-4-5-17(2)14-27/h6-11,16-17,28H,3-5,12-15H2,1-2H3/t17-/m0/s1. The highest BCUT2D eigenvalue weighted by molar-refractivity contribution is 5.89. The van der Waals surface area contributed by atoms with Crippen molar-refractivity contribution in [2.45, 2.75) is 39.7 Å². The fourth-order valence-corrected chi connectivity index (χ4v) is 4.17. The molecule has 1 saturated heterocycles. The number of hydrogen-bond donors (Lipinski definition) is 1. The zero-order chi connectivity index (χ0) is 23.4. The van der Waals surface area contributed by atoms with Crippen molar-refractivity contribution in [1.29, 1.82) is 0 Å². The molecule has 0 amide bonds. The van der Waals surface area contributed by atoms with Crippen molar-refractivity contribution in [2.75, 3.05) is 19.7 Å². The Balaban J connectivity index is 1.56. The molecule has 0 unspecified atom stereocenters. The Bertz CT molecular complexity index is 1180. The van der Waals surface area contributed by atoms with Crippen molar-refractivity contribution in [3.8, 4) is 17.2 Å². The van der Waals surface area contributed by atoms with Gasteiger partial charge in [0.1, 0.15) is 23.3 Å². The molecule has 7 nitrogen and oxygen atoms in total. The summed E-state index contributed by atoms with van der Waals surface area (Å²) in [5.74, 6) is 0.747. The van der Waals surface area contributed by atoms with Crippen LogP contribution < -0.4 is 10.2 Å². The minimum Gasteiger partial charge on any atom is -0.507 e. The third-order valence-electron chi connectivity index (χ3n) is 5.87. The number of ether oxygens (including phenoxy) is 2. The summed E-state index contributed by atoms with van der Waals surface area (Å²) in [6.45, 7) is 6.93. The lowest BCUT2D eigenvalue weighted by molar-refractivity contribution is 0.0505. The molecule has 2 aromatic carbocycles. The summed E-state index contributed by atoms with van der Waals surface area (Å²) in [6, 6.07) is 9.47. The molecule has 3 aromatic rings. The number of phenolic OH excluding ortho intramolecular Hbond substituents is 1. The van der Waals surface area contributed by atoms with Crippen LogP contribution in [0, 0.1) is 5.92 Å². The Morgan fingerprint density at radius 3 is 2.73 bits per heavy atom. The molecular formula is C26H29NO6. The van der Waals surface area contributed by atoms with Crippen LogP contribution in [0.25, 0.3) is 11.0 Å². The van der Waals surface area contributed by atoms with Gasteiger partial charge in [-0.2, -0.15) is 0 Å². The maximum atomic E-state index is 13.1. The van der Waals surface area contributed by atoms with Gasteiger partial charge in [-0.1, -0.05) is 13.8 Å². The second-order valence-electron chi connectivity index (χ2n) is 8.61. The molecule has 1 aliphatic rings. The van der Waals surface area contributed by atoms with Gasteiger partial charge in [-0.05, 0) is 68.1 Å². The van der Waals surface area contributed by atoms with E-state index in [0.717, 1.165) is 25.9 Å². The monoisotopic (exact) mass is 451 g/mol. The van der Waals surface area contributed by atoms with Crippen LogP contribution in [0.2, 0.25) is 0 Å². The van der Waals surface area contributed by atoms with Gasteiger partial charge in [0, 0.05) is 13.1 Å². The van der Waals surface area contributed by atoms with E-state index in [-0.39, 0.29) is 16.9 Å². The van der Waals surface area contributed by atoms with Crippen LogP contribution in [-0.2, 0) is 11.3 Å². The van der Waals surface area contributed by atoms with Crippen LogP contribution in [0.4, 0.5) is 0 Å². The molecule has 0 aliphatic carbocycles. The van der Waals surface area contributed by atoms with Crippen molar-refractivity contribution in [1.82, 2.24) is 4.90 Å². The molecule has 1 aromatic heterocycles. The Hall–Kier alpha value is -3.32. The number of nitrogens with zero attached hydrogens (tertiary/aromatic N) is 1. The summed E-state index contributed by atoms with van der Waals surface area (Å²) >= 11 is 0. The molecule has 2 heterocycles. The van der Waals surface area contributed by atoms with Gasteiger partial charge in [-0.25, -0.2) is 4.79 Å². The zero-order valence-corrected chi connectivity index (χ0v) is 19.0. The third kappa shape index (κ3) is 5.20. The molecule has 1 N–H and O–H groups in total. The fraction of sp³-hybridized carbons (Fsp3) is 0.385. The highest BCUT2D eigenvalue weighted by Crippen LogP contribution is 2.30. The van der Waals surface area contributed by atoms with E-state index in [0.29, 0.717) is 46.9 Å². The first-order valence-electron chi connectivity index (χ1n) is 11.4. The Morgan fingerprint density at radius 1 is 1.21 bits per heavy atom. The maximum Gasteiger partial charge on any atom is 0.338 e. The smallest absolute Gasteiger partial charge is 0.338 e. The fourth-order valence-electron chi connectivity index (χ4n) is 4.17. The average molecular weight is 452 g/mol. The van der Waals surface area contributed by atoms with Crippen molar-refractivity contribution in [3.05, 3.63) is 64.0 Å². The van der Waals surface area contributed by atoms with E-state index in [1.54, 1.807) is 30.3 Å². The van der Waals surface area contributed by atoms with Gasteiger partial charge in [0.2, 0.25) is 11.2 Å². The minimum absolute atomic E-state index is 0.0343. The van der Waals surface area contributed by atoms with Gasteiger partial charge >= 0.3 is 5.97 Å². The van der Waals surface area contributed by atoms with Crippen LogP contribution >= 0.6 is 0 Å². The van der Waals surface area contributed by atoms with E-state index in [4.69, 9.17) is 13.9 Å². The molecule has 1 atom stereocenters. The Kier molecular flexibility index (Phi) is 6.99. The lowest BCUT2D eigenvalue weighted by Gasteiger charge is -2.31. The normalized spacial score (nSPS) is 16.6. The van der Waals surface area contributed by atoms with Gasteiger partial charge in [-0.3, -0.25) is 9.69 Å². The molecule has 0 spiro atoms. The van der Waals surface area contributed by atoms with Gasteiger partial charge in [0.25, 0.3) is 0 Å². The van der Waals surface area contributed by atoms with E-state index in [1.165, 1.54) is 18.8 Å². The Labute approximate surface area is 192 Å². The number of likely N-dealkylation sites (tertiary alicyclic amines) is 1. The van der Waals surface area contributed by atoms with Gasteiger partial charge < -0.3 is 19.0 Å². The summed E-state index contributed by atoms with van der Waals surface area (Å²) in [4.78, 5) is 27.3. The second kappa shape index (κ2) is 10.1. The molecule has 0 saturated carbocycles. The number of aromatic hydroxyl groups is 1. The summed E-state index contributed by atoms with van der Waals surface area (Å²) in [5.41, 5.74) is 1.07. The first-order chi connectivity index (χ1) is 16.0. The third-order valence-corrected chi connectivity index (χ3v) is 5.87. The van der Waals surface area contributed by atoms with Gasteiger partial charge in [-0.15, -0.1) is 0 Å². The summed E-state index contributed by atoms with van der Waals surface area (Å²) in [7, 11) is 0. The molecule has 0 radical (unpaired) electrons. The number of piperidine rings is 1. The number of carbonyl (C=O) groups excluding carboxylic acids is 1. The molecule has 7 heteroatoms. The molecule has 1 fully saturated rings. The first-order valence-corrected chi connectivity index (χ1v) is 11.4. The van der Waals surface area contributed by atoms with Crippen LogP contribution in [0.15, 0.2) is 51.9 Å².